The maximum Gasteiger partial charge on any atom is 0.267 e. The number of carbonyl (C=O) groups excluding carboxylic acids is 2. The summed E-state index contributed by atoms with van der Waals surface area (Å²) in [5, 5.41) is 6.64. The number of aromatic amines is 1. The molecule has 1 aliphatic heterocycles. The first-order valence-corrected chi connectivity index (χ1v) is 6.95. The monoisotopic (exact) mass is 277 g/mol. The smallest absolute Gasteiger partial charge is 0.267 e. The Morgan fingerprint density at radius 2 is 1.90 bits per heavy atom. The van der Waals surface area contributed by atoms with Crippen molar-refractivity contribution in [1.82, 2.24) is 15.6 Å². The number of amides is 1. The Bertz CT molecular complexity index is 501. The highest BCUT2D eigenvalue weighted by Crippen LogP contribution is 2.28. The van der Waals surface area contributed by atoms with Crippen molar-refractivity contribution in [3.63, 3.8) is 0 Å². The van der Waals surface area contributed by atoms with Crippen LogP contribution in [0.15, 0.2) is 12.3 Å². The van der Waals surface area contributed by atoms with Gasteiger partial charge in [0.2, 0.25) is 0 Å². The lowest BCUT2D eigenvalue weighted by molar-refractivity contribution is 0.0868. The molecule has 1 aromatic rings. The van der Waals surface area contributed by atoms with E-state index in [1.165, 1.54) is 6.20 Å². The Morgan fingerprint density at radius 3 is 2.40 bits per heavy atom. The summed E-state index contributed by atoms with van der Waals surface area (Å²) in [6, 6.07) is 1.69. The molecule has 0 aromatic carbocycles. The van der Waals surface area contributed by atoms with Crippen LogP contribution in [-0.2, 0) is 0 Å². The number of aldehydes is 1. The van der Waals surface area contributed by atoms with E-state index in [1.807, 2.05) is 0 Å². The third-order valence-electron chi connectivity index (χ3n) is 3.61. The van der Waals surface area contributed by atoms with Gasteiger partial charge >= 0.3 is 0 Å². The van der Waals surface area contributed by atoms with Crippen LogP contribution in [0.3, 0.4) is 0 Å². The van der Waals surface area contributed by atoms with Gasteiger partial charge in [0.25, 0.3) is 5.91 Å². The molecule has 2 rings (SSSR count). The number of piperidine rings is 1. The third-order valence-corrected chi connectivity index (χ3v) is 3.61. The zero-order chi connectivity index (χ0) is 15.0. The minimum atomic E-state index is -0.156. The third kappa shape index (κ3) is 3.48. The zero-order valence-corrected chi connectivity index (χ0v) is 12.5. The molecule has 2 heterocycles. The maximum atomic E-state index is 12.2. The second kappa shape index (κ2) is 5.05. The number of hydrogen-bond acceptors (Lipinski definition) is 3. The number of aromatic nitrogens is 1. The average Bonchev–Trinajstić information content (AvgIpc) is 2.72. The molecule has 1 aliphatic rings. The summed E-state index contributed by atoms with van der Waals surface area (Å²) in [7, 11) is 0. The molecule has 0 radical (unpaired) electrons. The van der Waals surface area contributed by atoms with E-state index in [0.717, 1.165) is 19.1 Å². The number of H-pyrrole nitrogens is 1. The maximum absolute atomic E-state index is 12.2. The van der Waals surface area contributed by atoms with E-state index in [-0.39, 0.29) is 23.0 Å². The fourth-order valence-corrected chi connectivity index (χ4v) is 3.30. The summed E-state index contributed by atoms with van der Waals surface area (Å²) < 4.78 is 0. The largest absolute Gasteiger partial charge is 0.357 e. The molecular formula is C15H23N3O2. The lowest BCUT2D eigenvalue weighted by atomic mass is 9.79. The number of carbonyl (C=O) groups is 2. The summed E-state index contributed by atoms with van der Waals surface area (Å²) in [5.41, 5.74) is 0.898. The number of nitrogens with one attached hydrogen (secondary N) is 3. The van der Waals surface area contributed by atoms with Crippen LogP contribution in [0.4, 0.5) is 0 Å². The lowest BCUT2D eigenvalue weighted by Crippen LogP contribution is -2.62. The molecule has 1 amide bonds. The van der Waals surface area contributed by atoms with Crippen LogP contribution in [0.25, 0.3) is 0 Å². The van der Waals surface area contributed by atoms with Crippen LogP contribution >= 0.6 is 0 Å². The van der Waals surface area contributed by atoms with Gasteiger partial charge in [-0.3, -0.25) is 9.59 Å². The van der Waals surface area contributed by atoms with E-state index >= 15 is 0 Å². The van der Waals surface area contributed by atoms with Gasteiger partial charge in [-0.05, 0) is 46.6 Å². The van der Waals surface area contributed by atoms with Crippen molar-refractivity contribution >= 4 is 12.2 Å². The molecular weight excluding hydrogens is 254 g/mol. The topological polar surface area (TPSA) is 74.0 Å². The van der Waals surface area contributed by atoms with Crippen LogP contribution in [0.2, 0.25) is 0 Å². The highest BCUT2D eigenvalue weighted by molar-refractivity contribution is 5.94. The van der Waals surface area contributed by atoms with E-state index in [0.29, 0.717) is 11.3 Å². The summed E-state index contributed by atoms with van der Waals surface area (Å²) in [5.74, 6) is -0.156. The van der Waals surface area contributed by atoms with E-state index in [1.54, 1.807) is 6.07 Å². The highest BCUT2D eigenvalue weighted by atomic mass is 16.2. The van der Waals surface area contributed by atoms with Crippen molar-refractivity contribution in [2.75, 3.05) is 0 Å². The van der Waals surface area contributed by atoms with E-state index in [2.05, 4.69) is 43.3 Å². The summed E-state index contributed by atoms with van der Waals surface area (Å²) in [4.78, 5) is 25.7. The predicted octanol–water partition coefficient (Wildman–Crippen LogP) is 1.87. The minimum absolute atomic E-state index is 0.0105. The van der Waals surface area contributed by atoms with Crippen LogP contribution < -0.4 is 10.6 Å². The van der Waals surface area contributed by atoms with Crippen molar-refractivity contribution in [3.8, 4) is 0 Å². The predicted molar refractivity (Wildman–Crippen MR) is 78.0 cm³/mol. The van der Waals surface area contributed by atoms with Crippen molar-refractivity contribution in [1.29, 1.82) is 0 Å². The molecule has 0 aliphatic carbocycles. The van der Waals surface area contributed by atoms with Crippen molar-refractivity contribution in [2.45, 2.75) is 57.7 Å². The molecule has 0 spiro atoms. The molecule has 3 N–H and O–H groups in total. The SMILES string of the molecule is CC1(C)CC(NC(=O)c2cc(C=O)c[nH]2)CC(C)(C)N1. The average molecular weight is 277 g/mol. The fraction of sp³-hybridized carbons (Fsp3) is 0.600. The summed E-state index contributed by atoms with van der Waals surface area (Å²) >= 11 is 0. The van der Waals surface area contributed by atoms with Crippen LogP contribution in [-0.4, -0.2) is 34.3 Å². The van der Waals surface area contributed by atoms with Crippen LogP contribution in [0.1, 0.15) is 61.4 Å². The Hall–Kier alpha value is -1.62. The summed E-state index contributed by atoms with van der Waals surface area (Å²) in [6.07, 6.45) is 4.02. The Kier molecular flexibility index (Phi) is 3.73. The Balaban J connectivity index is 2.05. The summed E-state index contributed by atoms with van der Waals surface area (Å²) in [6.45, 7) is 8.58. The highest BCUT2D eigenvalue weighted by Gasteiger charge is 2.38. The first-order chi connectivity index (χ1) is 9.21. The van der Waals surface area contributed by atoms with Gasteiger partial charge in [-0.1, -0.05) is 0 Å². The van der Waals surface area contributed by atoms with Gasteiger partial charge < -0.3 is 15.6 Å². The molecule has 1 aromatic heterocycles. The fourth-order valence-electron chi connectivity index (χ4n) is 3.30. The Labute approximate surface area is 119 Å². The zero-order valence-electron chi connectivity index (χ0n) is 12.5. The number of hydrogen-bond donors (Lipinski definition) is 3. The van der Waals surface area contributed by atoms with Crippen molar-refractivity contribution < 1.29 is 9.59 Å². The molecule has 5 heteroatoms. The molecule has 5 nitrogen and oxygen atoms in total. The van der Waals surface area contributed by atoms with E-state index in [9.17, 15) is 9.59 Å². The van der Waals surface area contributed by atoms with Crippen molar-refractivity contribution in [2.24, 2.45) is 0 Å². The van der Waals surface area contributed by atoms with Gasteiger partial charge in [0.1, 0.15) is 5.69 Å². The Morgan fingerprint density at radius 1 is 1.30 bits per heavy atom. The molecule has 0 unspecified atom stereocenters. The molecule has 20 heavy (non-hydrogen) atoms. The van der Waals surface area contributed by atoms with Gasteiger partial charge in [-0.15, -0.1) is 0 Å². The van der Waals surface area contributed by atoms with Gasteiger partial charge in [-0.25, -0.2) is 0 Å². The molecule has 0 saturated carbocycles. The molecule has 1 fully saturated rings. The van der Waals surface area contributed by atoms with Gasteiger partial charge in [0.05, 0.1) is 0 Å². The quantitative estimate of drug-likeness (QED) is 0.738. The van der Waals surface area contributed by atoms with Gasteiger partial charge in [-0.2, -0.15) is 0 Å². The van der Waals surface area contributed by atoms with Crippen molar-refractivity contribution in [3.05, 3.63) is 23.5 Å². The van der Waals surface area contributed by atoms with Gasteiger partial charge in [0, 0.05) is 28.9 Å². The second-order valence-corrected chi connectivity index (χ2v) is 6.94. The molecule has 0 atom stereocenters. The van der Waals surface area contributed by atoms with Crippen LogP contribution in [0, 0.1) is 0 Å². The van der Waals surface area contributed by atoms with E-state index in [4.69, 9.17) is 0 Å². The molecule has 0 bridgehead atoms. The van der Waals surface area contributed by atoms with Crippen LogP contribution in [0.5, 0.6) is 0 Å². The standard InChI is InChI=1S/C15H23N3O2/c1-14(2)6-11(7-15(3,4)18-14)17-13(20)12-5-10(9-19)8-16-12/h5,8-9,11,16,18H,6-7H2,1-4H3,(H,17,20). The first kappa shape index (κ1) is 14.8. The first-order valence-electron chi connectivity index (χ1n) is 6.95. The van der Waals surface area contributed by atoms with Gasteiger partial charge in [0.15, 0.2) is 6.29 Å². The second-order valence-electron chi connectivity index (χ2n) is 6.94. The lowest BCUT2D eigenvalue weighted by Gasteiger charge is -2.46. The van der Waals surface area contributed by atoms with E-state index < -0.39 is 0 Å². The minimum Gasteiger partial charge on any atom is -0.357 e. The normalized spacial score (nSPS) is 21.4. The number of rotatable bonds is 3. The molecule has 110 valence electrons. The molecule has 1 saturated heterocycles.